The van der Waals surface area contributed by atoms with Gasteiger partial charge in [-0.3, -0.25) is 9.42 Å². The van der Waals surface area contributed by atoms with Gasteiger partial charge >= 0.3 is 12.3 Å². The number of hydrogen-bond acceptors (Lipinski definition) is 5. The highest BCUT2D eigenvalue weighted by atomic mass is 31.2. The Labute approximate surface area is 136 Å². The van der Waals surface area contributed by atoms with E-state index in [0.29, 0.717) is 0 Å². The van der Waals surface area contributed by atoms with E-state index < -0.39 is 31.1 Å². The number of carbonyl (C=O) groups is 1. The summed E-state index contributed by atoms with van der Waals surface area (Å²) in [5.41, 5.74) is -1.37. The van der Waals surface area contributed by atoms with E-state index in [1.165, 1.54) is 25.8 Å². The second-order valence-corrected chi connectivity index (χ2v) is 9.67. The Balaban J connectivity index is 2.45. The first kappa shape index (κ1) is 18.1. The average Bonchev–Trinajstić information content (AvgIpc) is 2.90. The summed E-state index contributed by atoms with van der Waals surface area (Å²) in [5, 5.41) is 3.52. The second-order valence-electron chi connectivity index (χ2n) is 5.71. The van der Waals surface area contributed by atoms with Gasteiger partial charge < -0.3 is 0 Å². The van der Waals surface area contributed by atoms with Gasteiger partial charge in [0, 0.05) is 7.05 Å². The van der Waals surface area contributed by atoms with Crippen molar-refractivity contribution in [2.24, 2.45) is 0 Å². The molecule has 0 N–H and O–H groups in total. The standard InChI is InChI=1S/C13H16F3N5O2P/c1-20(12(22)23-24(2,3)4)10-7-21(9-5-17-8-18-6-9)19-11(10)13(14,15)16/h5-8H,1-4H3/q+1. The monoisotopic (exact) mass is 362 g/mol. The fourth-order valence-electron chi connectivity index (χ4n) is 1.75. The second kappa shape index (κ2) is 6.35. The third-order valence-electron chi connectivity index (χ3n) is 2.76. The van der Waals surface area contributed by atoms with Gasteiger partial charge in [-0.15, -0.1) is 0 Å². The van der Waals surface area contributed by atoms with E-state index in [9.17, 15) is 18.0 Å². The summed E-state index contributed by atoms with van der Waals surface area (Å²) in [5.74, 6) is 0. The van der Waals surface area contributed by atoms with Crippen molar-refractivity contribution in [1.29, 1.82) is 0 Å². The van der Waals surface area contributed by atoms with Gasteiger partial charge in [0.2, 0.25) is 0 Å². The summed E-state index contributed by atoms with van der Waals surface area (Å²) in [7, 11) is -0.768. The number of rotatable bonds is 3. The number of aromatic nitrogens is 4. The predicted molar refractivity (Wildman–Crippen MR) is 83.7 cm³/mol. The topological polar surface area (TPSA) is 73.1 Å². The third-order valence-corrected chi connectivity index (χ3v) is 3.47. The Kier molecular flexibility index (Phi) is 4.80. The quantitative estimate of drug-likeness (QED) is 0.785. The van der Waals surface area contributed by atoms with Gasteiger partial charge in [-0.05, 0) is 0 Å². The molecule has 2 heterocycles. The van der Waals surface area contributed by atoms with Crippen LogP contribution in [-0.4, -0.2) is 52.9 Å². The zero-order valence-electron chi connectivity index (χ0n) is 13.4. The maximum Gasteiger partial charge on any atom is 0.451 e. The van der Waals surface area contributed by atoms with Crippen LogP contribution in [0.1, 0.15) is 5.69 Å². The number of anilines is 1. The van der Waals surface area contributed by atoms with Gasteiger partial charge in [-0.2, -0.15) is 18.3 Å². The summed E-state index contributed by atoms with van der Waals surface area (Å²) in [6.07, 6.45) is -0.655. The molecule has 0 aliphatic rings. The minimum Gasteiger partial charge on any atom is -0.290 e. The van der Waals surface area contributed by atoms with Crippen molar-refractivity contribution in [3.8, 4) is 5.69 Å². The molecule has 2 aromatic rings. The van der Waals surface area contributed by atoms with Crippen molar-refractivity contribution in [2.75, 3.05) is 31.9 Å². The molecule has 2 rings (SSSR count). The van der Waals surface area contributed by atoms with E-state index in [1.54, 1.807) is 20.0 Å². The van der Waals surface area contributed by atoms with Crippen molar-refractivity contribution in [3.05, 3.63) is 30.6 Å². The third kappa shape index (κ3) is 4.19. The minimum atomic E-state index is -4.73. The highest BCUT2D eigenvalue weighted by Crippen LogP contribution is 2.48. The van der Waals surface area contributed by atoms with Crippen LogP contribution in [0.5, 0.6) is 0 Å². The van der Waals surface area contributed by atoms with Gasteiger partial charge in [0.05, 0.1) is 44.3 Å². The van der Waals surface area contributed by atoms with E-state index >= 15 is 0 Å². The van der Waals surface area contributed by atoms with Crippen molar-refractivity contribution in [2.45, 2.75) is 6.18 Å². The number of carbonyl (C=O) groups excluding carboxylic acids is 1. The summed E-state index contributed by atoms with van der Waals surface area (Å²) in [6, 6.07) is 0. The highest BCUT2D eigenvalue weighted by Gasteiger charge is 2.40. The molecular formula is C13H16F3N5O2P+. The molecule has 11 heteroatoms. The van der Waals surface area contributed by atoms with E-state index in [4.69, 9.17) is 4.52 Å². The van der Waals surface area contributed by atoms with Crippen LogP contribution in [0.2, 0.25) is 0 Å². The van der Waals surface area contributed by atoms with E-state index in [-0.39, 0.29) is 5.69 Å². The van der Waals surface area contributed by atoms with Gasteiger partial charge in [-0.1, -0.05) is 0 Å². The Hall–Kier alpha value is -2.22. The van der Waals surface area contributed by atoms with Crippen LogP contribution in [-0.2, 0) is 10.7 Å². The number of halogens is 3. The summed E-state index contributed by atoms with van der Waals surface area (Å²) in [6.45, 7) is 5.19. The average molecular weight is 362 g/mol. The van der Waals surface area contributed by atoms with Crippen LogP contribution in [0.4, 0.5) is 23.7 Å². The lowest BCUT2D eigenvalue weighted by Crippen LogP contribution is -2.28. The molecule has 0 unspecified atom stereocenters. The molecule has 24 heavy (non-hydrogen) atoms. The van der Waals surface area contributed by atoms with Crippen molar-refractivity contribution in [3.63, 3.8) is 0 Å². The molecule has 0 aliphatic heterocycles. The lowest BCUT2D eigenvalue weighted by Gasteiger charge is -2.19. The summed E-state index contributed by atoms with van der Waals surface area (Å²) in [4.78, 5) is 20.4. The zero-order valence-corrected chi connectivity index (χ0v) is 14.3. The SMILES string of the molecule is CN(C(=O)O[P+](C)(C)C)c1cn(-c2cncnc2)nc1C(F)(F)F. The van der Waals surface area contributed by atoms with Crippen molar-refractivity contribution in [1.82, 2.24) is 19.7 Å². The minimum absolute atomic E-state index is 0.235. The maximum atomic E-state index is 13.3. The molecule has 0 saturated carbocycles. The molecule has 0 aromatic carbocycles. The van der Waals surface area contributed by atoms with Crippen LogP contribution in [0.25, 0.3) is 5.69 Å². The molecule has 0 bridgehead atoms. The fourth-order valence-corrected chi connectivity index (χ4v) is 2.34. The maximum absolute atomic E-state index is 13.3. The van der Waals surface area contributed by atoms with E-state index in [0.717, 1.165) is 15.8 Å². The summed E-state index contributed by atoms with van der Waals surface area (Å²) >= 11 is 0. The van der Waals surface area contributed by atoms with Crippen LogP contribution in [0.15, 0.2) is 24.9 Å². The Morgan fingerprint density at radius 3 is 2.33 bits per heavy atom. The smallest absolute Gasteiger partial charge is 0.290 e. The number of alkyl halides is 3. The number of amides is 1. The lowest BCUT2D eigenvalue weighted by atomic mass is 10.3. The van der Waals surface area contributed by atoms with Gasteiger partial charge in [0.1, 0.15) is 12.0 Å². The van der Waals surface area contributed by atoms with Gasteiger partial charge in [0.25, 0.3) is 0 Å². The van der Waals surface area contributed by atoms with Gasteiger partial charge in [0.15, 0.2) is 13.2 Å². The molecule has 0 aliphatic carbocycles. The van der Waals surface area contributed by atoms with E-state index in [2.05, 4.69) is 15.1 Å². The summed E-state index contributed by atoms with van der Waals surface area (Å²) < 4.78 is 46.0. The molecule has 0 radical (unpaired) electrons. The number of hydrogen-bond donors (Lipinski definition) is 0. The molecule has 0 fully saturated rings. The Morgan fingerprint density at radius 2 is 1.83 bits per heavy atom. The van der Waals surface area contributed by atoms with Gasteiger partial charge in [-0.25, -0.2) is 19.4 Å². The van der Waals surface area contributed by atoms with Crippen LogP contribution >= 0.6 is 7.49 Å². The number of nitrogens with zero attached hydrogens (tertiary/aromatic N) is 5. The molecule has 0 saturated heterocycles. The molecule has 0 spiro atoms. The molecule has 0 atom stereocenters. The molecular weight excluding hydrogens is 346 g/mol. The fraction of sp³-hybridized carbons (Fsp3) is 0.385. The lowest BCUT2D eigenvalue weighted by molar-refractivity contribution is -0.140. The molecule has 1 amide bonds. The van der Waals surface area contributed by atoms with Crippen LogP contribution in [0.3, 0.4) is 0 Å². The predicted octanol–water partition coefficient (Wildman–Crippen LogP) is 3.08. The van der Waals surface area contributed by atoms with E-state index in [1.807, 2.05) is 0 Å². The Bertz CT molecular complexity index is 727. The first-order chi connectivity index (χ1) is 11.0. The van der Waals surface area contributed by atoms with Crippen molar-refractivity contribution >= 4 is 19.3 Å². The first-order valence-corrected chi connectivity index (χ1v) is 9.75. The molecule has 2 aromatic heterocycles. The van der Waals surface area contributed by atoms with Crippen molar-refractivity contribution < 1.29 is 22.5 Å². The molecule has 7 nitrogen and oxygen atoms in total. The Morgan fingerprint density at radius 1 is 1.25 bits per heavy atom. The van der Waals surface area contributed by atoms with Crippen LogP contribution in [0, 0.1) is 0 Å². The first-order valence-electron chi connectivity index (χ1n) is 6.70. The zero-order chi connectivity index (χ0) is 18.1. The largest absolute Gasteiger partial charge is 0.451 e. The normalized spacial score (nSPS) is 12.1. The highest BCUT2D eigenvalue weighted by molar-refractivity contribution is 7.69. The molecule has 130 valence electrons. The van der Waals surface area contributed by atoms with Crippen LogP contribution < -0.4 is 4.90 Å².